The summed E-state index contributed by atoms with van der Waals surface area (Å²) in [6.07, 6.45) is 17.2. The molecule has 2 fully saturated rings. The number of hydrogen-bond acceptors (Lipinski definition) is 2. The molecule has 2 heterocycles. The standard InChI is InChI=1S/C49H54N2/c1-48(2,3)35-19-16-33(17-20-35)46-40-24-21-37(51-28-12-7-13-29-51)32-43(40)47(41-25-22-36(31-42(41)46)50-26-10-6-11-27-50)34-18-23-39-38-14-8-9-15-44(38)49(4,5)45(39)30-34/h8-9,14-25,30-32,38,44H,6-7,10-13,26-29H2,1-5H3. The SMILES string of the molecule is CC(C)(C)c1ccc(-c2c3ccc(N4CCCCC4)cc3c(-c3ccc4c(c3)C(C)(C)C3C=CC=CC43)c3ccc(N4CCCCC4)cc23)cc1. The Kier molecular flexibility index (Phi) is 7.95. The van der Waals surface area contributed by atoms with Crippen molar-refractivity contribution in [2.75, 3.05) is 36.0 Å². The summed E-state index contributed by atoms with van der Waals surface area (Å²) in [4.78, 5) is 5.25. The minimum absolute atomic E-state index is 0.0675. The molecule has 0 saturated carbocycles. The third-order valence-electron chi connectivity index (χ3n) is 12.9. The molecule has 0 radical (unpaired) electrons. The Labute approximate surface area is 305 Å². The molecule has 2 aliphatic carbocycles. The van der Waals surface area contributed by atoms with Crippen LogP contribution in [0.3, 0.4) is 0 Å². The highest BCUT2D eigenvalue weighted by Crippen LogP contribution is 2.54. The van der Waals surface area contributed by atoms with E-state index in [9.17, 15) is 0 Å². The van der Waals surface area contributed by atoms with E-state index in [1.807, 2.05) is 0 Å². The first kappa shape index (κ1) is 32.6. The van der Waals surface area contributed by atoms with E-state index in [0.717, 1.165) is 26.2 Å². The molecule has 2 heteroatoms. The number of rotatable bonds is 4. The first-order valence-corrected chi connectivity index (χ1v) is 19.8. The molecule has 0 amide bonds. The van der Waals surface area contributed by atoms with E-state index in [0.29, 0.717) is 11.8 Å². The van der Waals surface area contributed by atoms with Crippen LogP contribution in [-0.4, -0.2) is 26.2 Å². The zero-order valence-corrected chi connectivity index (χ0v) is 31.4. The first-order chi connectivity index (χ1) is 24.7. The predicted molar refractivity (Wildman–Crippen MR) is 221 cm³/mol. The normalized spacial score (nSPS) is 21.4. The van der Waals surface area contributed by atoms with Crippen LogP contribution in [0.2, 0.25) is 0 Å². The van der Waals surface area contributed by atoms with E-state index in [4.69, 9.17) is 0 Å². The van der Waals surface area contributed by atoms with Crippen molar-refractivity contribution in [2.45, 2.75) is 89.9 Å². The van der Waals surface area contributed by atoms with Gasteiger partial charge in [0.15, 0.2) is 0 Å². The third kappa shape index (κ3) is 5.52. The number of piperidine rings is 2. The van der Waals surface area contributed by atoms with Crippen molar-refractivity contribution >= 4 is 32.9 Å². The van der Waals surface area contributed by atoms with Crippen molar-refractivity contribution in [1.82, 2.24) is 0 Å². The molecule has 260 valence electrons. The molecule has 9 rings (SSSR count). The van der Waals surface area contributed by atoms with Gasteiger partial charge in [-0.15, -0.1) is 0 Å². The average Bonchev–Trinajstić information content (AvgIpc) is 3.39. The van der Waals surface area contributed by atoms with Gasteiger partial charge in [0, 0.05) is 43.5 Å². The average molecular weight is 671 g/mol. The van der Waals surface area contributed by atoms with Gasteiger partial charge in [-0.2, -0.15) is 0 Å². The molecule has 2 unspecified atom stereocenters. The summed E-state index contributed by atoms with van der Waals surface area (Å²) in [5.74, 6) is 0.955. The van der Waals surface area contributed by atoms with Gasteiger partial charge in [-0.05, 0) is 140 Å². The second-order valence-electron chi connectivity index (χ2n) is 17.5. The predicted octanol–water partition coefficient (Wildman–Crippen LogP) is 12.7. The Morgan fingerprint density at radius 2 is 1.08 bits per heavy atom. The quantitative estimate of drug-likeness (QED) is 0.176. The van der Waals surface area contributed by atoms with Crippen LogP contribution in [0.1, 0.15) is 95.8 Å². The van der Waals surface area contributed by atoms with E-state index in [1.54, 1.807) is 0 Å². The van der Waals surface area contributed by atoms with Crippen LogP contribution in [0.15, 0.2) is 103 Å². The van der Waals surface area contributed by atoms with Gasteiger partial charge in [-0.3, -0.25) is 0 Å². The summed E-state index contributed by atoms with van der Waals surface area (Å²) in [6.45, 7) is 16.4. The smallest absolute Gasteiger partial charge is 0.0372 e. The van der Waals surface area contributed by atoms with Crippen LogP contribution in [0.25, 0.3) is 43.8 Å². The highest BCUT2D eigenvalue weighted by molar-refractivity contribution is 6.22. The van der Waals surface area contributed by atoms with Gasteiger partial charge in [-0.1, -0.05) is 114 Å². The number of allylic oxidation sites excluding steroid dienone is 4. The zero-order chi connectivity index (χ0) is 34.9. The Hall–Kier alpha value is -4.30. The van der Waals surface area contributed by atoms with Crippen molar-refractivity contribution < 1.29 is 0 Å². The number of benzene rings is 5. The van der Waals surface area contributed by atoms with Gasteiger partial charge in [0.25, 0.3) is 0 Å². The summed E-state index contributed by atoms with van der Waals surface area (Å²) in [5.41, 5.74) is 12.7. The Balaban J connectivity index is 1.33. The summed E-state index contributed by atoms with van der Waals surface area (Å²) in [6, 6.07) is 31.9. The van der Waals surface area contributed by atoms with Gasteiger partial charge >= 0.3 is 0 Å². The largest absolute Gasteiger partial charge is 0.372 e. The maximum absolute atomic E-state index is 2.63. The fourth-order valence-electron chi connectivity index (χ4n) is 9.99. The zero-order valence-electron chi connectivity index (χ0n) is 31.4. The highest BCUT2D eigenvalue weighted by atomic mass is 15.1. The van der Waals surface area contributed by atoms with E-state index in [1.165, 1.54) is 110 Å². The van der Waals surface area contributed by atoms with Crippen LogP contribution in [0.4, 0.5) is 11.4 Å². The minimum atomic E-state index is 0.0675. The van der Waals surface area contributed by atoms with Gasteiger partial charge in [0.2, 0.25) is 0 Å². The molecular formula is C49H54N2. The van der Waals surface area contributed by atoms with Crippen molar-refractivity contribution in [3.8, 4) is 22.3 Å². The number of nitrogens with zero attached hydrogens (tertiary/aromatic N) is 2. The van der Waals surface area contributed by atoms with Crippen molar-refractivity contribution in [3.63, 3.8) is 0 Å². The maximum atomic E-state index is 2.63. The fourth-order valence-corrected chi connectivity index (χ4v) is 9.99. The van der Waals surface area contributed by atoms with Gasteiger partial charge < -0.3 is 9.80 Å². The van der Waals surface area contributed by atoms with Gasteiger partial charge in [0.1, 0.15) is 0 Å². The summed E-state index contributed by atoms with van der Waals surface area (Å²) in [5, 5.41) is 5.46. The molecule has 2 atom stereocenters. The second-order valence-corrected chi connectivity index (χ2v) is 17.5. The molecule has 0 bridgehead atoms. The van der Waals surface area contributed by atoms with Crippen LogP contribution in [0, 0.1) is 5.92 Å². The molecule has 0 aromatic heterocycles. The van der Waals surface area contributed by atoms with Crippen LogP contribution >= 0.6 is 0 Å². The summed E-state index contributed by atoms with van der Waals surface area (Å²) >= 11 is 0. The summed E-state index contributed by atoms with van der Waals surface area (Å²) < 4.78 is 0. The molecule has 5 aromatic rings. The Bertz CT molecular complexity index is 2180. The number of hydrogen-bond donors (Lipinski definition) is 0. The topological polar surface area (TPSA) is 6.48 Å². The fraction of sp³-hybridized carbons (Fsp3) is 0.388. The second kappa shape index (κ2) is 12.4. The van der Waals surface area contributed by atoms with Crippen LogP contribution in [0.5, 0.6) is 0 Å². The van der Waals surface area contributed by atoms with Crippen LogP contribution in [-0.2, 0) is 10.8 Å². The molecule has 5 aromatic carbocycles. The molecule has 0 spiro atoms. The van der Waals surface area contributed by atoms with Crippen molar-refractivity contribution in [3.05, 3.63) is 120 Å². The monoisotopic (exact) mass is 670 g/mol. The first-order valence-electron chi connectivity index (χ1n) is 19.8. The lowest BCUT2D eigenvalue weighted by atomic mass is 9.74. The molecule has 2 nitrogen and oxygen atoms in total. The van der Waals surface area contributed by atoms with Crippen LogP contribution < -0.4 is 9.80 Å². The molecule has 4 aliphatic rings. The molecule has 0 N–H and O–H groups in total. The van der Waals surface area contributed by atoms with Crippen molar-refractivity contribution in [2.24, 2.45) is 5.92 Å². The lowest BCUT2D eigenvalue weighted by molar-refractivity contribution is 0.394. The van der Waals surface area contributed by atoms with E-state index < -0.39 is 0 Å². The Morgan fingerprint density at radius 1 is 0.549 bits per heavy atom. The van der Waals surface area contributed by atoms with E-state index >= 15 is 0 Å². The van der Waals surface area contributed by atoms with Gasteiger partial charge in [0.05, 0.1) is 0 Å². The lowest BCUT2D eigenvalue weighted by Crippen LogP contribution is -2.29. The van der Waals surface area contributed by atoms with E-state index in [-0.39, 0.29) is 10.8 Å². The molecule has 2 saturated heterocycles. The Morgan fingerprint density at radius 3 is 1.65 bits per heavy atom. The van der Waals surface area contributed by atoms with E-state index in [2.05, 4.69) is 148 Å². The molecule has 2 aliphatic heterocycles. The third-order valence-corrected chi connectivity index (χ3v) is 12.9. The lowest BCUT2D eigenvalue weighted by Gasteiger charge is -2.31. The minimum Gasteiger partial charge on any atom is -0.372 e. The van der Waals surface area contributed by atoms with Crippen molar-refractivity contribution in [1.29, 1.82) is 0 Å². The molecule has 51 heavy (non-hydrogen) atoms. The number of anilines is 2. The number of fused-ring (bicyclic) bond motifs is 5. The summed E-state index contributed by atoms with van der Waals surface area (Å²) in [7, 11) is 0. The highest BCUT2D eigenvalue weighted by Gasteiger charge is 2.44. The van der Waals surface area contributed by atoms with Gasteiger partial charge in [-0.25, -0.2) is 0 Å². The maximum Gasteiger partial charge on any atom is 0.0372 e. The molecular weight excluding hydrogens is 617 g/mol.